The minimum atomic E-state index is -1.54. The predicted octanol–water partition coefficient (Wildman–Crippen LogP) is -3.16. The zero-order chi connectivity index (χ0) is 33.6. The van der Waals surface area contributed by atoms with E-state index in [9.17, 15) is 43.8 Å². The number of amides is 6. The molecule has 0 aliphatic heterocycles. The fraction of sp³-hybridized carbons (Fsp3) is 0.536. The van der Waals surface area contributed by atoms with Crippen molar-refractivity contribution < 1.29 is 43.8 Å². The molecular formula is C28H43N7O9. The molecule has 1 rings (SSSR count). The van der Waals surface area contributed by atoms with Crippen LogP contribution in [-0.4, -0.2) is 94.8 Å². The lowest BCUT2D eigenvalue weighted by Crippen LogP contribution is -2.58. The lowest BCUT2D eigenvalue weighted by Gasteiger charge is -2.25. The minimum Gasteiger partial charge on any atom is -0.508 e. The van der Waals surface area contributed by atoms with E-state index in [0.29, 0.717) is 12.1 Å². The molecule has 0 aliphatic rings. The van der Waals surface area contributed by atoms with Crippen LogP contribution in [0.2, 0.25) is 0 Å². The van der Waals surface area contributed by atoms with Crippen LogP contribution in [0.3, 0.4) is 0 Å². The van der Waals surface area contributed by atoms with Crippen molar-refractivity contribution in [2.24, 2.45) is 17.4 Å². The summed E-state index contributed by atoms with van der Waals surface area (Å²) in [5.74, 6) is -6.30. The maximum atomic E-state index is 13.0. The Bertz CT molecular complexity index is 1190. The molecule has 0 bridgehead atoms. The number of aromatic hydroxyl groups is 1. The van der Waals surface area contributed by atoms with Crippen LogP contribution < -0.4 is 38.1 Å². The number of hydrogen-bond acceptors (Lipinski definition) is 10. The summed E-state index contributed by atoms with van der Waals surface area (Å²) in [4.78, 5) is 86.9. The van der Waals surface area contributed by atoms with E-state index in [2.05, 4.69) is 26.6 Å². The number of hydrogen-bond donors (Lipinski definition) is 9. The Morgan fingerprint density at radius 3 is 1.77 bits per heavy atom. The third-order valence-electron chi connectivity index (χ3n) is 6.32. The van der Waals surface area contributed by atoms with Gasteiger partial charge in [0.2, 0.25) is 35.4 Å². The molecule has 16 heteroatoms. The maximum Gasteiger partial charge on any atom is 0.243 e. The molecular weight excluding hydrogens is 578 g/mol. The van der Waals surface area contributed by atoms with Gasteiger partial charge in [-0.05, 0) is 37.6 Å². The maximum absolute atomic E-state index is 13.0. The van der Waals surface area contributed by atoms with Gasteiger partial charge >= 0.3 is 0 Å². The van der Waals surface area contributed by atoms with Crippen molar-refractivity contribution in [1.82, 2.24) is 26.6 Å². The Balaban J connectivity index is 2.93. The van der Waals surface area contributed by atoms with Gasteiger partial charge in [-0.3, -0.25) is 33.6 Å². The van der Waals surface area contributed by atoms with Crippen molar-refractivity contribution in [3.63, 3.8) is 0 Å². The van der Waals surface area contributed by atoms with Crippen molar-refractivity contribution >= 4 is 41.2 Å². The number of aliphatic hydroxyl groups is 1. The summed E-state index contributed by atoms with van der Waals surface area (Å²) >= 11 is 0. The summed E-state index contributed by atoms with van der Waals surface area (Å²) < 4.78 is 0. The first kappa shape index (κ1) is 37.5. The summed E-state index contributed by atoms with van der Waals surface area (Å²) in [5.41, 5.74) is 11.2. The van der Waals surface area contributed by atoms with E-state index in [4.69, 9.17) is 11.5 Å². The Hall–Kier alpha value is -4.57. The Labute approximate surface area is 255 Å². The van der Waals surface area contributed by atoms with Gasteiger partial charge in [0.05, 0.1) is 31.5 Å². The molecule has 44 heavy (non-hydrogen) atoms. The average molecular weight is 622 g/mol. The molecule has 1 aromatic carbocycles. The highest BCUT2D eigenvalue weighted by Gasteiger charge is 2.32. The summed E-state index contributed by atoms with van der Waals surface area (Å²) in [6, 6.07) is 1.03. The monoisotopic (exact) mass is 621 g/mol. The lowest BCUT2D eigenvalue weighted by atomic mass is 9.97. The van der Waals surface area contributed by atoms with E-state index in [1.165, 1.54) is 19.1 Å². The molecule has 1 aromatic rings. The number of benzene rings is 1. The van der Waals surface area contributed by atoms with Crippen LogP contribution in [0.4, 0.5) is 0 Å². The Morgan fingerprint density at radius 1 is 0.773 bits per heavy atom. The number of nitrogens with two attached hydrogens (primary N) is 2. The molecule has 0 saturated carbocycles. The Kier molecular flexibility index (Phi) is 15.5. The van der Waals surface area contributed by atoms with Crippen LogP contribution in [-0.2, 0) is 40.0 Å². The number of carbonyl (C=O) groups is 7. The fourth-order valence-electron chi connectivity index (χ4n) is 4.04. The van der Waals surface area contributed by atoms with Crippen molar-refractivity contribution in [2.45, 2.75) is 77.2 Å². The highest BCUT2D eigenvalue weighted by atomic mass is 16.3. The molecule has 244 valence electrons. The molecule has 0 aliphatic carbocycles. The summed E-state index contributed by atoms with van der Waals surface area (Å²) in [5, 5.41) is 31.7. The zero-order valence-corrected chi connectivity index (χ0v) is 25.2. The lowest BCUT2D eigenvalue weighted by molar-refractivity contribution is -0.135. The van der Waals surface area contributed by atoms with Crippen molar-refractivity contribution in [3.05, 3.63) is 29.8 Å². The number of Topliss-reactive ketones (excluding diaryl/α,β-unsaturated/α-hetero) is 1. The minimum absolute atomic E-state index is 0.0483. The second kappa shape index (κ2) is 18.2. The second-order valence-corrected chi connectivity index (χ2v) is 10.5. The molecule has 2 unspecified atom stereocenters. The van der Waals surface area contributed by atoms with Gasteiger partial charge in [-0.15, -0.1) is 0 Å². The molecule has 0 aromatic heterocycles. The second-order valence-electron chi connectivity index (χ2n) is 10.5. The van der Waals surface area contributed by atoms with Gasteiger partial charge in [-0.1, -0.05) is 32.9 Å². The summed E-state index contributed by atoms with van der Waals surface area (Å²) in [6.07, 6.45) is -2.33. The number of primary amides is 2. The van der Waals surface area contributed by atoms with Crippen LogP contribution in [0.5, 0.6) is 5.75 Å². The van der Waals surface area contributed by atoms with Crippen LogP contribution >= 0.6 is 0 Å². The molecule has 0 fully saturated rings. The van der Waals surface area contributed by atoms with Gasteiger partial charge in [0.15, 0.2) is 5.78 Å². The highest BCUT2D eigenvalue weighted by molar-refractivity contribution is 5.97. The van der Waals surface area contributed by atoms with E-state index in [-0.39, 0.29) is 12.2 Å². The number of aliphatic hydroxyl groups excluding tert-OH is 1. The highest BCUT2D eigenvalue weighted by Crippen LogP contribution is 2.12. The van der Waals surface area contributed by atoms with Gasteiger partial charge in [-0.25, -0.2) is 0 Å². The largest absolute Gasteiger partial charge is 0.508 e. The van der Waals surface area contributed by atoms with E-state index in [0.717, 1.165) is 0 Å². The summed E-state index contributed by atoms with van der Waals surface area (Å²) in [6.45, 7) is 5.85. The third kappa shape index (κ3) is 13.2. The van der Waals surface area contributed by atoms with Gasteiger partial charge in [-0.2, -0.15) is 0 Å². The van der Waals surface area contributed by atoms with E-state index >= 15 is 0 Å². The van der Waals surface area contributed by atoms with Crippen LogP contribution in [0, 0.1) is 5.92 Å². The van der Waals surface area contributed by atoms with E-state index in [1.54, 1.807) is 32.9 Å². The Morgan fingerprint density at radius 2 is 1.30 bits per heavy atom. The SMILES string of the molecule is CCN[C@H](Cc1ccc(O)cc1)C(=O)N[C@@H](CC(N)=O)C(=O)NCC(=O)N[C@@H](CC(N)=O)C(=O)NC(C(=O)C(C)C)C(C)O. The number of rotatable bonds is 19. The normalized spacial score (nSPS) is 14.3. The molecule has 0 heterocycles. The topological polar surface area (TPSA) is 272 Å². The smallest absolute Gasteiger partial charge is 0.243 e. The zero-order valence-electron chi connectivity index (χ0n) is 25.2. The van der Waals surface area contributed by atoms with Gasteiger partial charge in [0, 0.05) is 5.92 Å². The van der Waals surface area contributed by atoms with Gasteiger partial charge < -0.3 is 48.3 Å². The molecule has 0 saturated heterocycles. The quantitative estimate of drug-likeness (QED) is 0.0748. The molecule has 6 amide bonds. The number of nitrogens with one attached hydrogen (secondary N) is 5. The first-order valence-electron chi connectivity index (χ1n) is 14.0. The number of carbonyl (C=O) groups excluding carboxylic acids is 7. The predicted molar refractivity (Wildman–Crippen MR) is 157 cm³/mol. The number of phenolic OH excluding ortho intramolecular Hbond substituents is 1. The molecule has 11 N–H and O–H groups in total. The fourth-order valence-corrected chi connectivity index (χ4v) is 4.04. The number of likely N-dealkylation sites (N-methyl/N-ethyl adjacent to an activating group) is 1. The van der Waals surface area contributed by atoms with Crippen molar-refractivity contribution in [1.29, 1.82) is 0 Å². The number of ketones is 1. The van der Waals surface area contributed by atoms with Gasteiger partial charge in [0.1, 0.15) is 23.9 Å². The van der Waals surface area contributed by atoms with E-state index < -0.39 is 96.8 Å². The van der Waals surface area contributed by atoms with E-state index in [1.807, 2.05) is 0 Å². The van der Waals surface area contributed by atoms with Crippen LogP contribution in [0.25, 0.3) is 0 Å². The summed E-state index contributed by atoms with van der Waals surface area (Å²) in [7, 11) is 0. The molecule has 0 radical (unpaired) electrons. The van der Waals surface area contributed by atoms with Crippen LogP contribution in [0.15, 0.2) is 24.3 Å². The van der Waals surface area contributed by atoms with Crippen molar-refractivity contribution in [3.8, 4) is 5.75 Å². The molecule has 0 spiro atoms. The van der Waals surface area contributed by atoms with Crippen molar-refractivity contribution in [2.75, 3.05) is 13.1 Å². The first-order chi connectivity index (χ1) is 20.5. The molecule has 16 nitrogen and oxygen atoms in total. The number of phenols is 1. The standard InChI is InChI=1S/C28H43N7O9/c1-5-31-18(10-16-6-8-17(37)9-7-16)27(43)34-19(11-21(29)38)26(42)32-13-23(40)33-20(12-22(30)39)28(44)35-24(15(4)36)25(41)14(2)3/h6-9,14-15,18-20,24,31,36-37H,5,10-13H2,1-4H3,(H2,29,38)(H2,30,39)(H,32,42)(H,33,40)(H,34,43)(H,35,44)/t15?,18-,19+,20+,24?/m1/s1. The van der Waals surface area contributed by atoms with Gasteiger partial charge in [0.25, 0.3) is 0 Å². The third-order valence-corrected chi connectivity index (χ3v) is 6.32. The average Bonchev–Trinajstić information content (AvgIpc) is 2.93. The van der Waals surface area contributed by atoms with Crippen LogP contribution in [0.1, 0.15) is 46.1 Å². The first-order valence-corrected chi connectivity index (χ1v) is 14.0. The molecule has 5 atom stereocenters.